The zero-order chi connectivity index (χ0) is 15.4. The highest BCUT2D eigenvalue weighted by Crippen LogP contribution is 2.31. The van der Waals surface area contributed by atoms with Gasteiger partial charge in [0.15, 0.2) is 0 Å². The van der Waals surface area contributed by atoms with Crippen molar-refractivity contribution in [3.05, 3.63) is 67.0 Å². The van der Waals surface area contributed by atoms with E-state index < -0.39 is 5.97 Å². The van der Waals surface area contributed by atoms with Crippen LogP contribution in [0.2, 0.25) is 0 Å². The third-order valence-corrected chi connectivity index (χ3v) is 3.32. The van der Waals surface area contributed by atoms with Gasteiger partial charge in [-0.25, -0.2) is 4.79 Å². The van der Waals surface area contributed by atoms with Crippen molar-refractivity contribution >= 4 is 5.97 Å². The van der Waals surface area contributed by atoms with Crippen molar-refractivity contribution in [3.63, 3.8) is 0 Å². The molecule has 3 aromatic heterocycles. The molecule has 0 unspecified atom stereocenters. The van der Waals surface area contributed by atoms with Gasteiger partial charge in [0, 0.05) is 48.3 Å². The van der Waals surface area contributed by atoms with Crippen LogP contribution in [0.25, 0.3) is 22.3 Å². The second-order valence-corrected chi connectivity index (χ2v) is 4.57. The van der Waals surface area contributed by atoms with Crippen molar-refractivity contribution in [3.8, 4) is 22.3 Å². The molecule has 0 amide bonds. The second kappa shape index (κ2) is 6.13. The fourth-order valence-corrected chi connectivity index (χ4v) is 2.28. The topological polar surface area (TPSA) is 65.0 Å². The first-order chi connectivity index (χ1) is 10.8. The number of hydrogen-bond donors (Lipinski definition) is 0. The summed E-state index contributed by atoms with van der Waals surface area (Å²) in [4.78, 5) is 24.6. The van der Waals surface area contributed by atoms with Crippen molar-refractivity contribution < 1.29 is 9.53 Å². The van der Waals surface area contributed by atoms with Crippen LogP contribution >= 0.6 is 0 Å². The van der Waals surface area contributed by atoms with Gasteiger partial charge in [0.1, 0.15) is 0 Å². The van der Waals surface area contributed by atoms with Crippen LogP contribution in [0, 0.1) is 0 Å². The van der Waals surface area contributed by atoms with Crippen LogP contribution in [-0.2, 0) is 4.74 Å². The Bertz CT molecular complexity index is 732. The Morgan fingerprint density at radius 1 is 0.818 bits per heavy atom. The van der Waals surface area contributed by atoms with Gasteiger partial charge >= 0.3 is 5.97 Å². The van der Waals surface area contributed by atoms with Crippen LogP contribution in [-0.4, -0.2) is 28.0 Å². The van der Waals surface area contributed by atoms with Crippen LogP contribution in [0.1, 0.15) is 10.4 Å². The molecular weight excluding hydrogens is 278 g/mol. The molecule has 3 rings (SSSR count). The van der Waals surface area contributed by atoms with E-state index in [1.807, 2.05) is 24.3 Å². The Morgan fingerprint density at radius 3 is 1.68 bits per heavy atom. The lowest BCUT2D eigenvalue weighted by Gasteiger charge is -2.12. The molecule has 0 aliphatic heterocycles. The van der Waals surface area contributed by atoms with E-state index in [0.717, 1.165) is 11.1 Å². The number of nitrogens with zero attached hydrogens (tertiary/aromatic N) is 3. The number of pyridine rings is 3. The monoisotopic (exact) mass is 291 g/mol. The van der Waals surface area contributed by atoms with Crippen LogP contribution < -0.4 is 0 Å². The van der Waals surface area contributed by atoms with Crippen LogP contribution in [0.3, 0.4) is 0 Å². The Hall–Kier alpha value is -3.08. The van der Waals surface area contributed by atoms with Crippen molar-refractivity contribution in [2.45, 2.75) is 0 Å². The van der Waals surface area contributed by atoms with E-state index in [0.29, 0.717) is 16.7 Å². The number of carbonyl (C=O) groups is 1. The fraction of sp³-hybridized carbons (Fsp3) is 0.0588. The molecule has 22 heavy (non-hydrogen) atoms. The second-order valence-electron chi connectivity index (χ2n) is 4.57. The summed E-state index contributed by atoms with van der Waals surface area (Å²) < 4.78 is 4.96. The molecule has 108 valence electrons. The molecule has 0 saturated heterocycles. The average Bonchev–Trinajstić information content (AvgIpc) is 2.62. The highest BCUT2D eigenvalue weighted by molar-refractivity contribution is 6.03. The van der Waals surface area contributed by atoms with E-state index in [9.17, 15) is 4.79 Å². The number of carbonyl (C=O) groups excluding carboxylic acids is 1. The molecular formula is C17H13N3O2. The highest BCUT2D eigenvalue weighted by Gasteiger charge is 2.19. The summed E-state index contributed by atoms with van der Waals surface area (Å²) in [6.07, 6.45) is 10.0. The first kappa shape index (κ1) is 13.9. The van der Waals surface area contributed by atoms with Gasteiger partial charge in [-0.05, 0) is 35.4 Å². The SMILES string of the molecule is COC(=O)c1c(-c2ccncc2)cncc1-c1ccncc1. The minimum Gasteiger partial charge on any atom is -0.465 e. The highest BCUT2D eigenvalue weighted by atomic mass is 16.5. The third-order valence-electron chi connectivity index (χ3n) is 3.32. The minimum absolute atomic E-state index is 0.402. The zero-order valence-electron chi connectivity index (χ0n) is 11.9. The summed E-state index contributed by atoms with van der Waals surface area (Å²) in [6.45, 7) is 0. The standard InChI is InChI=1S/C17H13N3O2/c1-22-17(21)16-14(12-2-6-18-7-3-12)10-20-11-15(16)13-4-8-19-9-5-13/h2-11H,1H3. The normalized spacial score (nSPS) is 10.2. The number of aromatic nitrogens is 3. The van der Waals surface area contributed by atoms with Gasteiger partial charge in [-0.3, -0.25) is 15.0 Å². The van der Waals surface area contributed by atoms with E-state index >= 15 is 0 Å². The fourth-order valence-electron chi connectivity index (χ4n) is 2.28. The van der Waals surface area contributed by atoms with E-state index in [1.54, 1.807) is 37.2 Å². The first-order valence-corrected chi connectivity index (χ1v) is 6.68. The Balaban J connectivity index is 2.26. The predicted molar refractivity (Wildman–Crippen MR) is 82.0 cm³/mol. The lowest BCUT2D eigenvalue weighted by molar-refractivity contribution is 0.0602. The summed E-state index contributed by atoms with van der Waals surface area (Å²) in [5.41, 5.74) is 3.62. The summed E-state index contributed by atoms with van der Waals surface area (Å²) in [5, 5.41) is 0. The first-order valence-electron chi connectivity index (χ1n) is 6.68. The number of rotatable bonds is 3. The maximum atomic E-state index is 12.3. The lowest BCUT2D eigenvalue weighted by Crippen LogP contribution is -2.07. The zero-order valence-corrected chi connectivity index (χ0v) is 11.9. The summed E-state index contributed by atoms with van der Waals surface area (Å²) in [7, 11) is 1.37. The van der Waals surface area contributed by atoms with Crippen LogP contribution in [0.5, 0.6) is 0 Å². The molecule has 0 aliphatic carbocycles. The molecule has 3 heterocycles. The molecule has 3 aromatic rings. The Labute approximate surface area is 127 Å². The van der Waals surface area contributed by atoms with Gasteiger partial charge in [0.25, 0.3) is 0 Å². The largest absolute Gasteiger partial charge is 0.465 e. The molecule has 0 atom stereocenters. The van der Waals surface area contributed by atoms with Crippen LogP contribution in [0.4, 0.5) is 0 Å². The van der Waals surface area contributed by atoms with E-state index in [-0.39, 0.29) is 0 Å². The average molecular weight is 291 g/mol. The number of ether oxygens (including phenoxy) is 1. The van der Waals surface area contributed by atoms with E-state index in [4.69, 9.17) is 4.74 Å². The smallest absolute Gasteiger partial charge is 0.339 e. The van der Waals surface area contributed by atoms with Crippen molar-refractivity contribution in [2.75, 3.05) is 7.11 Å². The molecule has 0 fully saturated rings. The third kappa shape index (κ3) is 2.56. The van der Waals surface area contributed by atoms with Crippen molar-refractivity contribution in [1.82, 2.24) is 15.0 Å². The molecule has 0 spiro atoms. The molecule has 0 aliphatic rings. The maximum absolute atomic E-state index is 12.3. The van der Waals surface area contributed by atoms with Gasteiger partial charge in [-0.2, -0.15) is 0 Å². The molecule has 0 radical (unpaired) electrons. The molecule has 0 aromatic carbocycles. The van der Waals surface area contributed by atoms with Gasteiger partial charge in [0.05, 0.1) is 12.7 Å². The summed E-state index contributed by atoms with van der Waals surface area (Å²) in [6, 6.07) is 7.33. The van der Waals surface area contributed by atoms with Gasteiger partial charge in [-0.1, -0.05) is 0 Å². The Kier molecular flexibility index (Phi) is 3.87. The van der Waals surface area contributed by atoms with Gasteiger partial charge < -0.3 is 4.74 Å². The van der Waals surface area contributed by atoms with Crippen molar-refractivity contribution in [2.24, 2.45) is 0 Å². The lowest BCUT2D eigenvalue weighted by atomic mass is 9.95. The summed E-state index contributed by atoms with van der Waals surface area (Å²) in [5.74, 6) is -0.402. The molecule has 0 bridgehead atoms. The Morgan fingerprint density at radius 2 is 1.27 bits per heavy atom. The van der Waals surface area contributed by atoms with Gasteiger partial charge in [-0.15, -0.1) is 0 Å². The molecule has 5 nitrogen and oxygen atoms in total. The number of methoxy groups -OCH3 is 1. The van der Waals surface area contributed by atoms with E-state index in [1.165, 1.54) is 7.11 Å². The molecule has 0 saturated carbocycles. The predicted octanol–water partition coefficient (Wildman–Crippen LogP) is 2.99. The quantitative estimate of drug-likeness (QED) is 0.694. The number of esters is 1. The minimum atomic E-state index is -0.402. The molecule has 0 N–H and O–H groups in total. The van der Waals surface area contributed by atoms with Crippen LogP contribution in [0.15, 0.2) is 61.4 Å². The molecule has 5 heteroatoms. The van der Waals surface area contributed by atoms with Crippen molar-refractivity contribution in [1.29, 1.82) is 0 Å². The number of hydrogen-bond acceptors (Lipinski definition) is 5. The van der Waals surface area contributed by atoms with E-state index in [2.05, 4.69) is 15.0 Å². The maximum Gasteiger partial charge on any atom is 0.339 e. The summed E-state index contributed by atoms with van der Waals surface area (Å²) >= 11 is 0. The van der Waals surface area contributed by atoms with Gasteiger partial charge in [0.2, 0.25) is 0 Å².